The van der Waals surface area contributed by atoms with E-state index in [0.717, 1.165) is 71.5 Å². The van der Waals surface area contributed by atoms with Gasteiger partial charge in [0, 0.05) is 66.7 Å². The lowest BCUT2D eigenvalue weighted by atomic mass is 9.73. The summed E-state index contributed by atoms with van der Waals surface area (Å²) in [5, 5.41) is 3.58. The first-order chi connectivity index (χ1) is 57.2. The molecule has 0 unspecified atom stereocenters. The molecule has 524 valence electrons. The Hall–Kier alpha value is -12.5. The molecular formula is C105H84N4. The minimum absolute atomic E-state index is 0.0928. The van der Waals surface area contributed by atoms with Crippen LogP contribution in [0.4, 0.5) is 34.1 Å². The van der Waals surface area contributed by atoms with Crippen LogP contribution in [0.15, 0.2) is 315 Å². The Morgan fingerprint density at radius 3 is 0.991 bits per heavy atom. The molecule has 21 rings (SSSR count). The predicted molar refractivity (Wildman–Crippen MR) is 460 cm³/mol. The molecular weight excluding hydrogens is 1320 g/mol. The van der Waals surface area contributed by atoms with E-state index in [1.807, 2.05) is 218 Å². The average molecular weight is 1410 g/mol. The summed E-state index contributed by atoms with van der Waals surface area (Å²) < 4.78 is 118. The molecule has 17 aromatic rings. The van der Waals surface area contributed by atoms with Crippen molar-refractivity contribution < 1.29 is 13.7 Å². The lowest BCUT2D eigenvalue weighted by Gasteiger charge is -2.47. The van der Waals surface area contributed by atoms with Gasteiger partial charge in [0.2, 0.25) is 0 Å². The molecule has 2 aliphatic heterocycles. The van der Waals surface area contributed by atoms with Gasteiger partial charge >= 0.3 is 0 Å². The molecule has 15 aromatic carbocycles. The van der Waals surface area contributed by atoms with Crippen LogP contribution in [-0.2, 0) is 29.1 Å². The van der Waals surface area contributed by atoms with E-state index in [0.29, 0.717) is 108 Å². The summed E-state index contributed by atoms with van der Waals surface area (Å²) in [7, 11) is 0. The lowest BCUT2D eigenvalue weighted by Crippen LogP contribution is -2.31. The first-order valence-corrected chi connectivity index (χ1v) is 38.1. The normalized spacial score (nSPS) is 14.9. The van der Waals surface area contributed by atoms with Crippen molar-refractivity contribution in [2.24, 2.45) is 0 Å². The first kappa shape index (κ1) is 55.0. The number of rotatable bonds is 8. The molecule has 0 radical (unpaired) electrons. The second kappa shape index (κ2) is 24.0. The highest BCUT2D eigenvalue weighted by Gasteiger charge is 2.45. The van der Waals surface area contributed by atoms with E-state index < -0.39 is 22.2 Å². The zero-order chi connectivity index (χ0) is 82.2. The van der Waals surface area contributed by atoms with Crippen molar-refractivity contribution in [3.8, 4) is 78.1 Å². The summed E-state index contributed by atoms with van der Waals surface area (Å²) in [6.45, 7) is 18.7. The molecule has 2 aromatic heterocycles. The van der Waals surface area contributed by atoms with Gasteiger partial charge in [-0.3, -0.25) is 0 Å². The zero-order valence-corrected chi connectivity index (χ0v) is 62.5. The standard InChI is InChI=1S/C105H84N4/c1-103(2,3)72-54-85(64-30-14-10-15-31-64)101(86(55-72)65-32-16-11-17-33-65)108-95-60-75(106-91-44-28-26-42-79(91)89-62-83-70(52-93(89)106)50-68-38-22-24-40-77(68)83)46-48-81(95)99-82-49-47-76(107-92-45-29-27-43-80(92)90-63-84-71(53-94(90)107)51-69-39-23-25-41-78(69)84)61-96(82)109(98-59-74(105(7,8)9)58-97(108)100(98)99)102-87(66-34-18-12-19-35-66)56-73(104(4,5)6)57-88(102)67-36-20-13-21-37-67/h10-49,52-63,99H,50-51H2,1-9H3/i46D,47D,48D,49D,54D,55D,56D,57D,60D,61D. The van der Waals surface area contributed by atoms with E-state index in [2.05, 4.69) is 118 Å². The highest BCUT2D eigenvalue weighted by Crippen LogP contribution is 2.65. The Labute approximate surface area is 653 Å². The minimum Gasteiger partial charge on any atom is -0.309 e. The number of para-hydroxylation sites is 2. The minimum atomic E-state index is -1.34. The summed E-state index contributed by atoms with van der Waals surface area (Å²) in [6.07, 6.45) is 1.32. The number of fused-ring (bicyclic) bond motifs is 16. The van der Waals surface area contributed by atoms with Crippen LogP contribution in [0.3, 0.4) is 0 Å². The van der Waals surface area contributed by atoms with Crippen molar-refractivity contribution in [1.82, 2.24) is 9.13 Å². The molecule has 0 saturated carbocycles. The highest BCUT2D eigenvalue weighted by molar-refractivity contribution is 6.14. The third-order valence-electron chi connectivity index (χ3n) is 23.2. The molecule has 0 saturated heterocycles. The van der Waals surface area contributed by atoms with Crippen LogP contribution in [0.25, 0.3) is 122 Å². The Morgan fingerprint density at radius 2 is 0.624 bits per heavy atom. The summed E-state index contributed by atoms with van der Waals surface area (Å²) in [5.74, 6) is -1.34. The van der Waals surface area contributed by atoms with Crippen LogP contribution < -0.4 is 9.80 Å². The highest BCUT2D eigenvalue weighted by atomic mass is 15.2. The zero-order valence-electron chi connectivity index (χ0n) is 72.5. The Kier molecular flexibility index (Phi) is 12.1. The lowest BCUT2D eigenvalue weighted by molar-refractivity contribution is 0.589. The van der Waals surface area contributed by atoms with Gasteiger partial charge < -0.3 is 18.9 Å². The van der Waals surface area contributed by atoms with E-state index in [4.69, 9.17) is 0 Å². The Balaban J connectivity index is 0.997. The number of nitrogens with zero attached hydrogens (tertiary/aromatic N) is 4. The number of hydrogen-bond acceptors (Lipinski definition) is 2. The number of benzene rings is 15. The van der Waals surface area contributed by atoms with Gasteiger partial charge in [0.1, 0.15) is 0 Å². The van der Waals surface area contributed by atoms with Gasteiger partial charge in [0.15, 0.2) is 0 Å². The fourth-order valence-corrected chi connectivity index (χ4v) is 17.8. The Bertz CT molecular complexity index is 6730. The molecule has 4 heteroatoms. The van der Waals surface area contributed by atoms with Gasteiger partial charge in [0.05, 0.1) is 69.9 Å². The van der Waals surface area contributed by atoms with Gasteiger partial charge in [0.25, 0.3) is 0 Å². The maximum Gasteiger partial charge on any atom is 0.0667 e. The van der Waals surface area contributed by atoms with E-state index in [9.17, 15) is 13.7 Å². The molecule has 2 aliphatic carbocycles. The number of hydrogen-bond donors (Lipinski definition) is 0. The maximum absolute atomic E-state index is 12.0. The van der Waals surface area contributed by atoms with Crippen molar-refractivity contribution >= 4 is 77.7 Å². The molecule has 0 fully saturated rings. The molecule has 0 N–H and O–H groups in total. The molecule has 0 bridgehead atoms. The predicted octanol–water partition coefficient (Wildman–Crippen LogP) is 28.3. The molecule has 0 amide bonds. The quantitative estimate of drug-likeness (QED) is 0.151. The molecule has 4 aliphatic rings. The van der Waals surface area contributed by atoms with Crippen molar-refractivity contribution in [3.05, 3.63) is 371 Å². The van der Waals surface area contributed by atoms with Crippen molar-refractivity contribution in [3.63, 3.8) is 0 Å². The summed E-state index contributed by atoms with van der Waals surface area (Å²) in [4.78, 5) is 4.09. The van der Waals surface area contributed by atoms with Crippen LogP contribution in [-0.4, -0.2) is 9.13 Å². The largest absolute Gasteiger partial charge is 0.309 e. The molecule has 0 atom stereocenters. The maximum atomic E-state index is 12.0. The number of anilines is 6. The van der Waals surface area contributed by atoms with Crippen LogP contribution in [0, 0.1) is 0 Å². The summed E-state index contributed by atoms with van der Waals surface area (Å²) >= 11 is 0. The van der Waals surface area contributed by atoms with Crippen LogP contribution in [0.2, 0.25) is 0 Å². The van der Waals surface area contributed by atoms with E-state index in [1.54, 1.807) is 0 Å². The smallest absolute Gasteiger partial charge is 0.0667 e. The van der Waals surface area contributed by atoms with Crippen molar-refractivity contribution in [2.75, 3.05) is 9.80 Å². The Morgan fingerprint density at radius 1 is 0.284 bits per heavy atom. The average Bonchev–Trinajstić information content (AvgIpc) is 1.26. The van der Waals surface area contributed by atoms with E-state index in [-0.39, 0.29) is 94.3 Å². The summed E-state index contributed by atoms with van der Waals surface area (Å²) in [6, 6.07) is 84.7. The van der Waals surface area contributed by atoms with E-state index >= 15 is 0 Å². The van der Waals surface area contributed by atoms with Gasteiger partial charge in [-0.15, -0.1) is 0 Å². The first-order valence-electron chi connectivity index (χ1n) is 43.1. The van der Waals surface area contributed by atoms with Crippen LogP contribution in [0.1, 0.15) is 138 Å². The van der Waals surface area contributed by atoms with Gasteiger partial charge in [-0.25, -0.2) is 0 Å². The fraction of sp³-hybridized carbons (Fsp3) is 0.143. The monoisotopic (exact) mass is 1410 g/mol. The second-order valence-corrected chi connectivity index (χ2v) is 33.1. The molecule has 0 spiro atoms. The third-order valence-corrected chi connectivity index (χ3v) is 23.2. The van der Waals surface area contributed by atoms with Crippen molar-refractivity contribution in [1.29, 1.82) is 0 Å². The molecule has 4 nitrogen and oxygen atoms in total. The summed E-state index contributed by atoms with van der Waals surface area (Å²) in [5.41, 5.74) is 18.9. The topological polar surface area (TPSA) is 16.3 Å². The van der Waals surface area contributed by atoms with Gasteiger partial charge in [-0.05, 0) is 221 Å². The number of aromatic nitrogens is 2. The SMILES string of the molecule is [2H]c1c([2H])c(-n2c3ccccc3c3cc4c(cc32)Cc2ccccc2-4)c([2H])c2c1C1c3c(cc(C(C)(C)C)cc3N(c3c(-c4ccccc4)c([2H])c(C(C)(C)C)c([2H])c3-c3ccccc3)c3c([2H])c(-n4c5ccccc5c5cc6c(cc54)Cc4ccccc4-6)c([2H])c([2H])c31)N2c1c(-c2ccccc2)c([2H])c(C(C)(C)C)c([2H])c1-c1ccccc1. The van der Waals surface area contributed by atoms with Crippen LogP contribution in [0.5, 0.6) is 0 Å². The van der Waals surface area contributed by atoms with Crippen molar-refractivity contribution in [2.45, 2.75) is 97.3 Å². The van der Waals surface area contributed by atoms with Gasteiger partial charge in [-0.2, -0.15) is 0 Å². The van der Waals surface area contributed by atoms with Gasteiger partial charge in [-0.1, -0.05) is 281 Å². The second-order valence-electron chi connectivity index (χ2n) is 33.1. The molecule has 4 heterocycles. The fourth-order valence-electron chi connectivity index (χ4n) is 17.8. The van der Waals surface area contributed by atoms with Crippen LogP contribution >= 0.6 is 0 Å². The third kappa shape index (κ3) is 10.1. The van der Waals surface area contributed by atoms with E-state index in [1.165, 1.54) is 11.1 Å². The molecule has 109 heavy (non-hydrogen) atoms.